The van der Waals surface area contributed by atoms with Crippen LogP contribution >= 0.6 is 38.5 Å². The molecule has 1 N–H and O–H groups in total. The summed E-state index contributed by atoms with van der Waals surface area (Å²) in [5.74, 6) is 0.606. The molecule has 0 spiro atoms. The highest BCUT2D eigenvalue weighted by Gasteiger charge is 2.07. The van der Waals surface area contributed by atoms with E-state index < -0.39 is 0 Å². The van der Waals surface area contributed by atoms with Crippen LogP contribution in [0.3, 0.4) is 0 Å². The van der Waals surface area contributed by atoms with Crippen molar-refractivity contribution in [3.05, 3.63) is 47.9 Å². The Morgan fingerprint density at radius 2 is 1.88 bits per heavy atom. The molecule has 0 saturated heterocycles. The summed E-state index contributed by atoms with van der Waals surface area (Å²) in [6.07, 6.45) is 1.58. The highest BCUT2D eigenvalue weighted by Crippen LogP contribution is 2.26. The molecule has 0 aliphatic rings. The second-order valence-electron chi connectivity index (χ2n) is 3.83. The Labute approximate surface area is 121 Å². The highest BCUT2D eigenvalue weighted by molar-refractivity contribution is 14.1. The van der Waals surface area contributed by atoms with E-state index in [1.54, 1.807) is 6.20 Å². The molecule has 0 radical (unpaired) electrons. The van der Waals surface area contributed by atoms with E-state index in [4.69, 9.17) is 0 Å². The maximum absolute atomic E-state index is 11.5. The summed E-state index contributed by atoms with van der Waals surface area (Å²) in [6.45, 7) is 4.04. The summed E-state index contributed by atoms with van der Waals surface area (Å²) < 4.78 is 1.69. The van der Waals surface area contributed by atoms with E-state index in [9.17, 15) is 4.79 Å². The Kier molecular flexibility index (Phi) is 3.67. The van der Waals surface area contributed by atoms with Gasteiger partial charge in [-0.2, -0.15) is 0 Å². The smallest absolute Gasteiger partial charge is 0.264 e. The molecule has 1 heterocycles. The number of hydrogen-bond donors (Lipinski definition) is 1. The van der Waals surface area contributed by atoms with Crippen LogP contribution in [0.5, 0.6) is 0 Å². The van der Waals surface area contributed by atoms with Gasteiger partial charge >= 0.3 is 0 Å². The van der Waals surface area contributed by atoms with Gasteiger partial charge in [0.15, 0.2) is 0 Å². The summed E-state index contributed by atoms with van der Waals surface area (Å²) >= 11 is 5.48. The number of benzene rings is 1. The number of hydrogen-bond acceptors (Lipinski definition) is 2. The van der Waals surface area contributed by atoms with Gasteiger partial charge in [0.1, 0.15) is 5.82 Å². The van der Waals surface area contributed by atoms with Crippen molar-refractivity contribution in [2.45, 2.75) is 13.8 Å². The fraction of sp³-hybridized carbons (Fsp3) is 0.167. The predicted molar refractivity (Wildman–Crippen MR) is 80.2 cm³/mol. The minimum absolute atomic E-state index is 0.103. The number of H-pyrrole nitrogens is 1. The fourth-order valence-corrected chi connectivity index (χ4v) is 2.11. The van der Waals surface area contributed by atoms with E-state index in [1.165, 1.54) is 0 Å². The van der Waals surface area contributed by atoms with E-state index in [1.807, 2.05) is 48.6 Å². The molecule has 2 rings (SSSR count). The van der Waals surface area contributed by atoms with Gasteiger partial charge in [0.25, 0.3) is 5.56 Å². The van der Waals surface area contributed by atoms with Crippen molar-refractivity contribution in [1.29, 1.82) is 0 Å². The van der Waals surface area contributed by atoms with Crippen molar-refractivity contribution in [3.63, 3.8) is 0 Å². The number of nitrogens with zero attached hydrogens (tertiary/aromatic N) is 1. The zero-order chi connectivity index (χ0) is 12.6. The second-order valence-corrected chi connectivity index (χ2v) is 5.79. The fourth-order valence-electron chi connectivity index (χ4n) is 1.61. The van der Waals surface area contributed by atoms with E-state index in [0.717, 1.165) is 21.2 Å². The van der Waals surface area contributed by atoms with Crippen molar-refractivity contribution in [2.24, 2.45) is 0 Å². The quantitative estimate of drug-likeness (QED) is 0.740. The standard InChI is InChI=1S/C12H10BrIN2O/c1-6-3-8(4-7(2)10(6)13)11-15-5-9(14)12(17)16-11/h3-5H,1-2H3,(H,15,16,17). The Balaban J connectivity index is 2.61. The third kappa shape index (κ3) is 2.60. The molecule has 0 bridgehead atoms. The normalized spacial score (nSPS) is 10.6. The van der Waals surface area contributed by atoms with E-state index >= 15 is 0 Å². The lowest BCUT2D eigenvalue weighted by atomic mass is 10.1. The second kappa shape index (κ2) is 4.89. The van der Waals surface area contributed by atoms with Crippen LogP contribution < -0.4 is 5.56 Å². The number of aryl methyl sites for hydroxylation is 2. The van der Waals surface area contributed by atoms with E-state index in [2.05, 4.69) is 25.9 Å². The zero-order valence-electron chi connectivity index (χ0n) is 9.34. The summed E-state index contributed by atoms with van der Waals surface area (Å²) in [5, 5.41) is 0. The predicted octanol–water partition coefficient (Wildman–Crippen LogP) is 3.42. The third-order valence-corrected chi connectivity index (χ3v) is 4.48. The number of aromatic amines is 1. The van der Waals surface area contributed by atoms with Gasteiger partial charge in [-0.3, -0.25) is 4.79 Å². The molecule has 88 valence electrons. The van der Waals surface area contributed by atoms with Crippen molar-refractivity contribution < 1.29 is 0 Å². The SMILES string of the molecule is Cc1cc(-c2ncc(I)c(=O)[nH]2)cc(C)c1Br. The van der Waals surface area contributed by atoms with Crippen LogP contribution in [0.2, 0.25) is 0 Å². The summed E-state index contributed by atoms with van der Waals surface area (Å²) in [4.78, 5) is 18.6. The molecule has 0 atom stereocenters. The van der Waals surface area contributed by atoms with Crippen LogP contribution in [0.25, 0.3) is 11.4 Å². The molecular weight excluding hydrogens is 395 g/mol. The first-order valence-corrected chi connectivity index (χ1v) is 6.88. The van der Waals surface area contributed by atoms with E-state index in [0.29, 0.717) is 9.39 Å². The minimum atomic E-state index is -0.103. The van der Waals surface area contributed by atoms with Gasteiger partial charge < -0.3 is 4.98 Å². The largest absolute Gasteiger partial charge is 0.306 e. The van der Waals surface area contributed by atoms with Gasteiger partial charge in [0.05, 0.1) is 3.57 Å². The highest BCUT2D eigenvalue weighted by atomic mass is 127. The van der Waals surface area contributed by atoms with Crippen molar-refractivity contribution in [1.82, 2.24) is 9.97 Å². The summed E-state index contributed by atoms with van der Waals surface area (Å²) in [5.41, 5.74) is 3.08. The number of nitrogens with one attached hydrogen (secondary N) is 1. The Morgan fingerprint density at radius 1 is 1.29 bits per heavy atom. The molecule has 0 saturated carbocycles. The molecule has 0 amide bonds. The Morgan fingerprint density at radius 3 is 2.41 bits per heavy atom. The van der Waals surface area contributed by atoms with Gasteiger partial charge in [-0.1, -0.05) is 15.9 Å². The number of aromatic nitrogens is 2. The molecule has 0 fully saturated rings. The summed E-state index contributed by atoms with van der Waals surface area (Å²) in [6, 6.07) is 4.00. The summed E-state index contributed by atoms with van der Waals surface area (Å²) in [7, 11) is 0. The van der Waals surface area contributed by atoms with Crippen molar-refractivity contribution in [3.8, 4) is 11.4 Å². The van der Waals surface area contributed by atoms with Crippen LogP contribution in [0.1, 0.15) is 11.1 Å². The van der Waals surface area contributed by atoms with Gasteiger partial charge in [0.2, 0.25) is 0 Å². The molecule has 3 nitrogen and oxygen atoms in total. The number of rotatable bonds is 1. The maximum Gasteiger partial charge on any atom is 0.264 e. The van der Waals surface area contributed by atoms with Crippen LogP contribution in [-0.2, 0) is 0 Å². The lowest BCUT2D eigenvalue weighted by Gasteiger charge is -2.07. The van der Waals surface area contributed by atoms with Gasteiger partial charge in [-0.25, -0.2) is 4.98 Å². The monoisotopic (exact) mass is 404 g/mol. The topological polar surface area (TPSA) is 45.8 Å². The van der Waals surface area contributed by atoms with Crippen LogP contribution in [0, 0.1) is 17.4 Å². The first-order valence-electron chi connectivity index (χ1n) is 5.01. The molecule has 1 aromatic heterocycles. The van der Waals surface area contributed by atoms with E-state index in [-0.39, 0.29) is 5.56 Å². The molecule has 1 aromatic carbocycles. The van der Waals surface area contributed by atoms with Gasteiger partial charge in [-0.15, -0.1) is 0 Å². The maximum atomic E-state index is 11.5. The van der Waals surface area contributed by atoms with Crippen LogP contribution in [0.15, 0.2) is 27.6 Å². The van der Waals surface area contributed by atoms with Gasteiger partial charge in [0, 0.05) is 16.2 Å². The Bertz CT molecular complexity index is 614. The van der Waals surface area contributed by atoms with Crippen LogP contribution in [0.4, 0.5) is 0 Å². The first kappa shape index (κ1) is 12.8. The average Bonchev–Trinajstić information content (AvgIpc) is 2.29. The zero-order valence-corrected chi connectivity index (χ0v) is 13.1. The first-order chi connectivity index (χ1) is 7.99. The average molecular weight is 405 g/mol. The van der Waals surface area contributed by atoms with Crippen LogP contribution in [-0.4, -0.2) is 9.97 Å². The third-order valence-electron chi connectivity index (χ3n) is 2.47. The molecular formula is C12H10BrIN2O. The molecule has 0 unspecified atom stereocenters. The lowest BCUT2D eigenvalue weighted by molar-refractivity contribution is 1.10. The number of halogens is 2. The molecule has 0 aliphatic heterocycles. The van der Waals surface area contributed by atoms with Gasteiger partial charge in [-0.05, 0) is 59.7 Å². The minimum Gasteiger partial charge on any atom is -0.306 e. The molecule has 0 aliphatic carbocycles. The lowest BCUT2D eigenvalue weighted by Crippen LogP contribution is -2.11. The van der Waals surface area contributed by atoms with Crippen molar-refractivity contribution >= 4 is 38.5 Å². The Hall–Kier alpha value is -0.690. The molecule has 17 heavy (non-hydrogen) atoms. The molecule has 5 heteroatoms. The van der Waals surface area contributed by atoms with Crippen molar-refractivity contribution in [2.75, 3.05) is 0 Å². The molecule has 2 aromatic rings.